The first-order chi connectivity index (χ1) is 8.79. The van der Waals surface area contributed by atoms with Crippen molar-refractivity contribution in [3.8, 4) is 0 Å². The van der Waals surface area contributed by atoms with Crippen LogP contribution in [0.4, 0.5) is 0 Å². The third-order valence-electron chi connectivity index (χ3n) is 3.32. The molecule has 18 heavy (non-hydrogen) atoms. The van der Waals surface area contributed by atoms with Crippen molar-refractivity contribution in [3.05, 3.63) is 23.1 Å². The highest BCUT2D eigenvalue weighted by molar-refractivity contribution is 6.29. The molecule has 1 atom stereocenters. The Morgan fingerprint density at radius 3 is 2.50 bits per heavy atom. The first-order valence-electron chi connectivity index (χ1n) is 7.25. The molecule has 0 spiro atoms. The topological polar surface area (TPSA) is 25.2 Å². The van der Waals surface area contributed by atoms with Gasteiger partial charge in [0.1, 0.15) is 0 Å². The second-order valence-electron chi connectivity index (χ2n) is 4.82. The summed E-state index contributed by atoms with van der Waals surface area (Å²) in [5.41, 5.74) is 1.10. The fraction of sp³-hybridized carbons (Fsp3) is 0.733. The van der Waals surface area contributed by atoms with Crippen LogP contribution in [0, 0.1) is 0 Å². The summed E-state index contributed by atoms with van der Waals surface area (Å²) < 4.78 is 5.18. The van der Waals surface area contributed by atoms with Gasteiger partial charge >= 0.3 is 0 Å². The second-order valence-corrected chi connectivity index (χ2v) is 5.16. The van der Waals surface area contributed by atoms with E-state index in [-0.39, 0.29) is 0 Å². The summed E-state index contributed by atoms with van der Waals surface area (Å²) in [5.74, 6) is 0. The fourth-order valence-corrected chi connectivity index (χ4v) is 2.54. The first-order valence-corrected chi connectivity index (χ1v) is 7.63. The van der Waals surface area contributed by atoms with Gasteiger partial charge in [-0.2, -0.15) is 0 Å². The smallest absolute Gasteiger partial charge is 0.197 e. The zero-order valence-corrected chi connectivity index (χ0v) is 12.4. The highest BCUT2D eigenvalue weighted by Gasteiger charge is 2.15. The van der Waals surface area contributed by atoms with Crippen molar-refractivity contribution in [2.45, 2.75) is 64.8 Å². The molecule has 0 saturated carbocycles. The Balaban J connectivity index is 2.29. The minimum atomic E-state index is 0.340. The van der Waals surface area contributed by atoms with Crippen molar-refractivity contribution in [2.75, 3.05) is 6.54 Å². The predicted molar refractivity (Wildman–Crippen MR) is 78.1 cm³/mol. The zero-order valence-electron chi connectivity index (χ0n) is 11.7. The van der Waals surface area contributed by atoms with E-state index in [4.69, 9.17) is 16.0 Å². The van der Waals surface area contributed by atoms with Crippen LogP contribution in [0.2, 0.25) is 5.22 Å². The number of hydrogen-bond donors (Lipinski definition) is 1. The van der Waals surface area contributed by atoms with Crippen LogP contribution >= 0.6 is 11.6 Å². The minimum absolute atomic E-state index is 0.340. The summed E-state index contributed by atoms with van der Waals surface area (Å²) in [6, 6.07) is 2.32. The maximum absolute atomic E-state index is 6.04. The summed E-state index contributed by atoms with van der Waals surface area (Å²) in [7, 11) is 0. The number of hydrogen-bond acceptors (Lipinski definition) is 2. The zero-order chi connectivity index (χ0) is 13.2. The highest BCUT2D eigenvalue weighted by Crippen LogP contribution is 2.27. The van der Waals surface area contributed by atoms with Crippen LogP contribution in [-0.4, -0.2) is 6.54 Å². The van der Waals surface area contributed by atoms with Gasteiger partial charge in [0, 0.05) is 11.6 Å². The lowest BCUT2D eigenvalue weighted by molar-refractivity contribution is 0.470. The second kappa shape index (κ2) is 9.46. The molecule has 1 heterocycles. The van der Waals surface area contributed by atoms with Crippen LogP contribution in [0.3, 0.4) is 0 Å². The summed E-state index contributed by atoms with van der Waals surface area (Å²) in [4.78, 5) is 0. The number of nitrogens with one attached hydrogen (secondary N) is 1. The Morgan fingerprint density at radius 2 is 1.89 bits per heavy atom. The molecule has 0 radical (unpaired) electrons. The van der Waals surface area contributed by atoms with Gasteiger partial charge in [0.2, 0.25) is 0 Å². The third kappa shape index (κ3) is 5.45. The molecule has 1 aromatic heterocycles. The van der Waals surface area contributed by atoms with Gasteiger partial charge in [0.05, 0.1) is 6.26 Å². The molecule has 1 rings (SSSR count). The Bertz CT molecular complexity index is 311. The number of halogens is 1. The molecule has 3 heteroatoms. The van der Waals surface area contributed by atoms with Gasteiger partial charge in [-0.15, -0.1) is 0 Å². The van der Waals surface area contributed by atoms with Crippen molar-refractivity contribution in [1.82, 2.24) is 5.32 Å². The lowest BCUT2D eigenvalue weighted by Gasteiger charge is -2.16. The minimum Gasteiger partial charge on any atom is -0.453 e. The highest BCUT2D eigenvalue weighted by atomic mass is 35.5. The van der Waals surface area contributed by atoms with Crippen molar-refractivity contribution in [3.63, 3.8) is 0 Å². The van der Waals surface area contributed by atoms with Gasteiger partial charge < -0.3 is 9.73 Å². The lowest BCUT2D eigenvalue weighted by Crippen LogP contribution is -2.20. The predicted octanol–water partition coefficient (Wildman–Crippen LogP) is 5.33. The van der Waals surface area contributed by atoms with E-state index < -0.39 is 0 Å². The molecule has 1 aromatic rings. The van der Waals surface area contributed by atoms with Gasteiger partial charge in [0.25, 0.3) is 0 Å². The molecule has 0 bridgehead atoms. The number of furan rings is 1. The van der Waals surface area contributed by atoms with E-state index in [1.165, 1.54) is 38.5 Å². The summed E-state index contributed by atoms with van der Waals surface area (Å²) in [6.45, 7) is 5.34. The molecule has 0 aromatic carbocycles. The molecule has 0 aliphatic heterocycles. The van der Waals surface area contributed by atoms with E-state index in [0.29, 0.717) is 11.3 Å². The Labute approximate surface area is 116 Å². The van der Waals surface area contributed by atoms with Crippen LogP contribution in [-0.2, 0) is 0 Å². The summed E-state index contributed by atoms with van der Waals surface area (Å²) >= 11 is 6.04. The van der Waals surface area contributed by atoms with Crippen LogP contribution in [0.1, 0.15) is 70.4 Å². The van der Waals surface area contributed by atoms with Gasteiger partial charge in [0.15, 0.2) is 5.22 Å². The molecule has 0 saturated heterocycles. The molecule has 1 N–H and O–H groups in total. The average molecular weight is 272 g/mol. The van der Waals surface area contributed by atoms with E-state index in [0.717, 1.165) is 18.5 Å². The number of unbranched alkanes of at least 4 members (excludes halogenated alkanes) is 5. The fourth-order valence-electron chi connectivity index (χ4n) is 2.30. The lowest BCUT2D eigenvalue weighted by atomic mass is 10.0. The maximum Gasteiger partial charge on any atom is 0.197 e. The van der Waals surface area contributed by atoms with Crippen LogP contribution in [0.25, 0.3) is 0 Å². The van der Waals surface area contributed by atoms with Crippen molar-refractivity contribution >= 4 is 11.6 Å². The van der Waals surface area contributed by atoms with Gasteiger partial charge in [-0.3, -0.25) is 0 Å². The quantitative estimate of drug-likeness (QED) is 0.582. The monoisotopic (exact) mass is 271 g/mol. The summed E-state index contributed by atoms with van der Waals surface area (Å²) in [6.07, 6.45) is 10.8. The molecular weight excluding hydrogens is 246 g/mol. The molecular formula is C15H26ClNO. The number of rotatable bonds is 10. The Hall–Kier alpha value is -0.470. The van der Waals surface area contributed by atoms with Crippen LogP contribution < -0.4 is 5.32 Å². The van der Waals surface area contributed by atoms with Crippen molar-refractivity contribution < 1.29 is 4.42 Å². The third-order valence-corrected chi connectivity index (χ3v) is 3.63. The average Bonchev–Trinajstić information content (AvgIpc) is 2.78. The largest absolute Gasteiger partial charge is 0.453 e. The van der Waals surface area contributed by atoms with Gasteiger partial charge in [-0.1, -0.05) is 52.4 Å². The van der Waals surface area contributed by atoms with E-state index in [1.807, 2.05) is 6.07 Å². The Kier molecular flexibility index (Phi) is 8.19. The van der Waals surface area contributed by atoms with Crippen LogP contribution in [0.15, 0.2) is 16.7 Å². The molecule has 0 aliphatic rings. The molecule has 0 fully saturated rings. The molecule has 0 aliphatic carbocycles. The van der Waals surface area contributed by atoms with Crippen molar-refractivity contribution in [1.29, 1.82) is 0 Å². The SMILES string of the molecule is CCCCCCCCC(NCC)c1ccoc1Cl. The first kappa shape index (κ1) is 15.6. The molecule has 0 amide bonds. The van der Waals surface area contributed by atoms with Gasteiger partial charge in [-0.05, 0) is 30.6 Å². The van der Waals surface area contributed by atoms with Crippen LogP contribution in [0.5, 0.6) is 0 Å². The van der Waals surface area contributed by atoms with Crippen molar-refractivity contribution in [2.24, 2.45) is 0 Å². The van der Waals surface area contributed by atoms with E-state index >= 15 is 0 Å². The standard InChI is InChI=1S/C15H26ClNO/c1-3-5-6-7-8-9-10-14(17-4-2)13-11-12-18-15(13)16/h11-12,14,17H,3-10H2,1-2H3. The Morgan fingerprint density at radius 1 is 1.17 bits per heavy atom. The molecule has 1 unspecified atom stereocenters. The molecule has 104 valence electrons. The normalized spacial score (nSPS) is 12.8. The molecule has 2 nitrogen and oxygen atoms in total. The maximum atomic E-state index is 6.04. The van der Waals surface area contributed by atoms with E-state index in [9.17, 15) is 0 Å². The van der Waals surface area contributed by atoms with E-state index in [1.54, 1.807) is 6.26 Å². The van der Waals surface area contributed by atoms with E-state index in [2.05, 4.69) is 19.2 Å². The van der Waals surface area contributed by atoms with Gasteiger partial charge in [-0.25, -0.2) is 0 Å². The summed E-state index contributed by atoms with van der Waals surface area (Å²) in [5, 5.41) is 4.02.